The van der Waals surface area contributed by atoms with Gasteiger partial charge in [0.15, 0.2) is 0 Å². The molecule has 4 heteroatoms. The first-order chi connectivity index (χ1) is 5.70. The Morgan fingerprint density at radius 3 is 3.08 bits per heavy atom. The molecule has 1 rings (SSSR count). The number of hydrogen-bond acceptors (Lipinski definition) is 3. The van der Waals surface area contributed by atoms with E-state index in [1.165, 1.54) is 0 Å². The van der Waals surface area contributed by atoms with Crippen molar-refractivity contribution in [1.82, 2.24) is 5.32 Å². The molecule has 0 fully saturated rings. The van der Waals surface area contributed by atoms with Crippen LogP contribution in [0.2, 0.25) is 0 Å². The highest BCUT2D eigenvalue weighted by Gasteiger charge is 2.15. The zero-order chi connectivity index (χ0) is 8.97. The van der Waals surface area contributed by atoms with Gasteiger partial charge in [-0.15, -0.1) is 0 Å². The fourth-order valence-corrected chi connectivity index (χ4v) is 0.779. The lowest BCUT2D eigenvalue weighted by molar-refractivity contribution is -0.115. The number of hydrogen-bond donors (Lipinski definition) is 1. The fraction of sp³-hybridized carbons (Fsp3) is 0.500. The van der Waals surface area contributed by atoms with Crippen LogP contribution in [0.1, 0.15) is 6.92 Å². The van der Waals surface area contributed by atoms with Gasteiger partial charge in [0.1, 0.15) is 6.61 Å². The number of nitrogens with one attached hydrogen (secondary N) is 1. The number of carbonyl (C=O) groups excluding carboxylic acids is 1. The third-order valence-electron chi connectivity index (χ3n) is 1.33. The highest BCUT2D eigenvalue weighted by atomic mass is 16.5. The van der Waals surface area contributed by atoms with Gasteiger partial charge in [-0.1, -0.05) is 12.2 Å². The van der Waals surface area contributed by atoms with Crippen molar-refractivity contribution in [1.29, 1.82) is 0 Å². The molecule has 4 nitrogen and oxygen atoms in total. The highest BCUT2D eigenvalue weighted by Crippen LogP contribution is 1.93. The van der Waals surface area contributed by atoms with Crippen LogP contribution in [-0.4, -0.2) is 31.5 Å². The fourth-order valence-electron chi connectivity index (χ4n) is 0.779. The molecule has 1 N–H and O–H groups in total. The second kappa shape index (κ2) is 3.90. The monoisotopic (exact) mass is 168 g/mol. The smallest absolute Gasteiger partial charge is 0.306 e. The van der Waals surface area contributed by atoms with E-state index in [2.05, 4.69) is 16.9 Å². The minimum Gasteiger partial charge on any atom is -0.472 e. The molecule has 0 spiro atoms. The number of amides is 1. The van der Waals surface area contributed by atoms with E-state index in [4.69, 9.17) is 4.74 Å². The van der Waals surface area contributed by atoms with Gasteiger partial charge in [-0.3, -0.25) is 4.79 Å². The maximum Gasteiger partial charge on any atom is 0.306 e. The molecule has 1 aliphatic heterocycles. The SMILES string of the molecule is C=C(C)CNC(=O)C1=NCCO1. The zero-order valence-corrected chi connectivity index (χ0v) is 7.09. The maximum atomic E-state index is 11.1. The van der Waals surface area contributed by atoms with Crippen molar-refractivity contribution in [3.8, 4) is 0 Å². The quantitative estimate of drug-likeness (QED) is 0.608. The molecule has 1 heterocycles. The molecule has 0 bridgehead atoms. The molecular weight excluding hydrogens is 156 g/mol. The van der Waals surface area contributed by atoms with Crippen LogP contribution in [0.5, 0.6) is 0 Å². The third kappa shape index (κ3) is 2.38. The summed E-state index contributed by atoms with van der Waals surface area (Å²) in [5.74, 6) is -0.0632. The van der Waals surface area contributed by atoms with E-state index in [1.807, 2.05) is 6.92 Å². The van der Waals surface area contributed by atoms with E-state index < -0.39 is 0 Å². The molecule has 0 unspecified atom stereocenters. The summed E-state index contributed by atoms with van der Waals surface area (Å²) >= 11 is 0. The molecule has 0 saturated heterocycles. The molecule has 0 aromatic carbocycles. The number of ether oxygens (including phenoxy) is 1. The van der Waals surface area contributed by atoms with Gasteiger partial charge in [0, 0.05) is 6.54 Å². The second-order valence-electron chi connectivity index (χ2n) is 2.68. The first-order valence-corrected chi connectivity index (χ1v) is 3.80. The van der Waals surface area contributed by atoms with E-state index >= 15 is 0 Å². The zero-order valence-electron chi connectivity index (χ0n) is 7.09. The van der Waals surface area contributed by atoms with Gasteiger partial charge in [0.2, 0.25) is 0 Å². The van der Waals surface area contributed by atoms with Gasteiger partial charge in [0.25, 0.3) is 5.90 Å². The van der Waals surface area contributed by atoms with Crippen LogP contribution in [0.15, 0.2) is 17.1 Å². The Balaban J connectivity index is 2.33. The maximum absolute atomic E-state index is 11.1. The average Bonchev–Trinajstić information content (AvgIpc) is 2.51. The molecule has 66 valence electrons. The van der Waals surface area contributed by atoms with Crippen molar-refractivity contribution in [3.63, 3.8) is 0 Å². The first-order valence-electron chi connectivity index (χ1n) is 3.80. The molecule has 1 amide bonds. The number of rotatable bonds is 3. The molecule has 0 radical (unpaired) electrons. The van der Waals surface area contributed by atoms with Crippen molar-refractivity contribution in [2.24, 2.45) is 4.99 Å². The normalized spacial score (nSPS) is 14.9. The van der Waals surface area contributed by atoms with Crippen LogP contribution in [0.3, 0.4) is 0 Å². The predicted molar refractivity (Wildman–Crippen MR) is 46.1 cm³/mol. The lowest BCUT2D eigenvalue weighted by atomic mass is 10.3. The van der Waals surface area contributed by atoms with Crippen LogP contribution >= 0.6 is 0 Å². The van der Waals surface area contributed by atoms with Crippen LogP contribution in [-0.2, 0) is 9.53 Å². The lowest BCUT2D eigenvalue weighted by Crippen LogP contribution is -2.32. The van der Waals surface area contributed by atoms with Crippen LogP contribution < -0.4 is 5.32 Å². The van der Waals surface area contributed by atoms with Crippen molar-refractivity contribution in [2.45, 2.75) is 6.92 Å². The predicted octanol–water partition coefficient (Wildman–Crippen LogP) is 0.107. The van der Waals surface area contributed by atoms with Crippen LogP contribution in [0.4, 0.5) is 0 Å². The van der Waals surface area contributed by atoms with Crippen LogP contribution in [0, 0.1) is 0 Å². The minimum absolute atomic E-state index is 0.191. The van der Waals surface area contributed by atoms with Crippen molar-refractivity contribution < 1.29 is 9.53 Å². The summed E-state index contributed by atoms with van der Waals surface area (Å²) in [6.07, 6.45) is 0. The summed E-state index contributed by atoms with van der Waals surface area (Å²) in [4.78, 5) is 15.0. The largest absolute Gasteiger partial charge is 0.472 e. The number of nitrogens with zero attached hydrogens (tertiary/aromatic N) is 1. The van der Waals surface area contributed by atoms with Gasteiger partial charge in [-0.05, 0) is 6.92 Å². The summed E-state index contributed by atoms with van der Waals surface area (Å²) in [5, 5.41) is 2.63. The standard InChI is InChI=1S/C8H12N2O2/c1-6(2)5-10-7(11)8-9-3-4-12-8/h1,3-5H2,2H3,(H,10,11). The molecule has 0 atom stereocenters. The molecule has 1 aliphatic rings. The first kappa shape index (κ1) is 8.77. The van der Waals surface area contributed by atoms with Gasteiger partial charge in [0.05, 0.1) is 6.54 Å². The number of aliphatic imine (C=N–C) groups is 1. The van der Waals surface area contributed by atoms with Crippen molar-refractivity contribution >= 4 is 11.8 Å². The molecular formula is C8H12N2O2. The highest BCUT2D eigenvalue weighted by molar-refractivity contribution is 6.35. The summed E-state index contributed by atoms with van der Waals surface area (Å²) in [6.45, 7) is 7.07. The Morgan fingerprint density at radius 1 is 1.83 bits per heavy atom. The third-order valence-corrected chi connectivity index (χ3v) is 1.33. The van der Waals surface area contributed by atoms with Gasteiger partial charge in [-0.25, -0.2) is 4.99 Å². The molecule has 12 heavy (non-hydrogen) atoms. The van der Waals surface area contributed by atoms with E-state index in [-0.39, 0.29) is 11.8 Å². The minimum atomic E-state index is -0.254. The Labute approximate surface area is 71.3 Å². The van der Waals surface area contributed by atoms with Crippen molar-refractivity contribution in [3.05, 3.63) is 12.2 Å². The molecule has 0 saturated carbocycles. The Kier molecular flexibility index (Phi) is 2.85. The van der Waals surface area contributed by atoms with Crippen LogP contribution in [0.25, 0.3) is 0 Å². The molecule has 0 aliphatic carbocycles. The van der Waals surface area contributed by atoms with Crippen molar-refractivity contribution in [2.75, 3.05) is 19.7 Å². The summed E-state index contributed by atoms with van der Waals surface area (Å²) in [5.41, 5.74) is 0.905. The van der Waals surface area contributed by atoms with Gasteiger partial charge in [-0.2, -0.15) is 0 Å². The van der Waals surface area contributed by atoms with Gasteiger partial charge >= 0.3 is 5.91 Å². The Hall–Kier alpha value is -1.32. The van der Waals surface area contributed by atoms with E-state index in [0.29, 0.717) is 19.7 Å². The summed E-state index contributed by atoms with van der Waals surface area (Å²) in [6, 6.07) is 0. The summed E-state index contributed by atoms with van der Waals surface area (Å²) < 4.78 is 4.96. The van der Waals surface area contributed by atoms with E-state index in [0.717, 1.165) is 5.57 Å². The Bertz CT molecular complexity index is 233. The topological polar surface area (TPSA) is 50.7 Å². The number of carbonyl (C=O) groups is 1. The van der Waals surface area contributed by atoms with E-state index in [1.54, 1.807) is 0 Å². The Morgan fingerprint density at radius 2 is 2.58 bits per heavy atom. The second-order valence-corrected chi connectivity index (χ2v) is 2.68. The summed E-state index contributed by atoms with van der Waals surface area (Å²) in [7, 11) is 0. The molecule has 0 aromatic heterocycles. The molecule has 0 aromatic rings. The van der Waals surface area contributed by atoms with Gasteiger partial charge < -0.3 is 10.1 Å². The lowest BCUT2D eigenvalue weighted by Gasteiger charge is -2.03. The average molecular weight is 168 g/mol. The van der Waals surface area contributed by atoms with E-state index in [9.17, 15) is 4.79 Å².